The first-order chi connectivity index (χ1) is 5.17. The maximum atomic E-state index is 7.37. The Labute approximate surface area is 77.1 Å². The Bertz CT molecular complexity index is 145. The van der Waals surface area contributed by atoms with E-state index in [-0.39, 0.29) is 5.41 Å². The van der Waals surface area contributed by atoms with E-state index >= 15 is 0 Å². The summed E-state index contributed by atoms with van der Waals surface area (Å²) in [5.74, 6) is 0.400. The van der Waals surface area contributed by atoms with E-state index in [9.17, 15) is 0 Å². The Morgan fingerprint density at radius 1 is 1.08 bits per heavy atom. The van der Waals surface area contributed by atoms with E-state index in [1.807, 2.05) is 0 Å². The van der Waals surface area contributed by atoms with Crippen molar-refractivity contribution in [2.24, 2.45) is 16.7 Å². The Kier molecular flexibility index (Phi) is 3.49. The van der Waals surface area contributed by atoms with Gasteiger partial charge in [-0.2, -0.15) is 0 Å². The molecule has 0 aromatic heterocycles. The highest BCUT2D eigenvalue weighted by atomic mass is 14.4. The Hall–Kier alpha value is -0.330. The summed E-state index contributed by atoms with van der Waals surface area (Å²) in [5, 5.41) is 7.37. The van der Waals surface area contributed by atoms with Gasteiger partial charge in [0.05, 0.1) is 0 Å². The average Bonchev–Trinajstić information content (AvgIpc) is 1.78. The Morgan fingerprint density at radius 2 is 1.50 bits per heavy atom. The molecule has 0 bridgehead atoms. The molecular formula is C11H23N. The molecule has 0 aliphatic heterocycles. The summed E-state index contributed by atoms with van der Waals surface area (Å²) in [6.07, 6.45) is 2.70. The summed E-state index contributed by atoms with van der Waals surface area (Å²) in [4.78, 5) is 0. The lowest BCUT2D eigenvalue weighted by molar-refractivity contribution is 0.226. The van der Waals surface area contributed by atoms with Gasteiger partial charge in [-0.3, -0.25) is 0 Å². The van der Waals surface area contributed by atoms with Gasteiger partial charge in [-0.05, 0) is 29.4 Å². The topological polar surface area (TPSA) is 23.9 Å². The van der Waals surface area contributed by atoms with E-state index in [1.165, 1.54) is 0 Å². The van der Waals surface area contributed by atoms with Gasteiger partial charge in [0.1, 0.15) is 0 Å². The van der Waals surface area contributed by atoms with Gasteiger partial charge in [-0.15, -0.1) is 0 Å². The van der Waals surface area contributed by atoms with Gasteiger partial charge < -0.3 is 5.41 Å². The first-order valence-corrected chi connectivity index (χ1v) is 4.67. The summed E-state index contributed by atoms with van der Waals surface area (Å²) in [6.45, 7) is 13.3. The summed E-state index contributed by atoms with van der Waals surface area (Å²) in [5.41, 5.74) is 0.560. The third kappa shape index (κ3) is 4.53. The second kappa shape index (κ2) is 3.59. The molecule has 12 heavy (non-hydrogen) atoms. The summed E-state index contributed by atoms with van der Waals surface area (Å²) in [6, 6.07) is 0. The van der Waals surface area contributed by atoms with E-state index in [1.54, 1.807) is 6.21 Å². The van der Waals surface area contributed by atoms with E-state index in [0.717, 1.165) is 6.42 Å². The minimum absolute atomic E-state index is 0.231. The van der Waals surface area contributed by atoms with Gasteiger partial charge in [0, 0.05) is 0 Å². The second-order valence-electron chi connectivity index (χ2n) is 5.90. The smallest absolute Gasteiger partial charge is 0.00113 e. The van der Waals surface area contributed by atoms with Crippen LogP contribution in [0.5, 0.6) is 0 Å². The highest BCUT2D eigenvalue weighted by Crippen LogP contribution is 2.34. The molecule has 72 valence electrons. The van der Waals surface area contributed by atoms with Gasteiger partial charge in [-0.25, -0.2) is 0 Å². The predicted molar refractivity (Wildman–Crippen MR) is 55.8 cm³/mol. The molecule has 0 spiro atoms. The molecule has 1 N–H and O–H groups in total. The molecule has 0 aliphatic rings. The van der Waals surface area contributed by atoms with Gasteiger partial charge >= 0.3 is 0 Å². The van der Waals surface area contributed by atoms with Gasteiger partial charge in [0.2, 0.25) is 0 Å². The van der Waals surface area contributed by atoms with Crippen molar-refractivity contribution in [3.05, 3.63) is 0 Å². The molecule has 0 aromatic carbocycles. The van der Waals surface area contributed by atoms with Crippen molar-refractivity contribution < 1.29 is 0 Å². The van der Waals surface area contributed by atoms with Crippen LogP contribution in [0.4, 0.5) is 0 Å². The number of hydrogen-bond donors (Lipinski definition) is 1. The van der Waals surface area contributed by atoms with E-state index < -0.39 is 0 Å². The molecule has 1 heteroatoms. The van der Waals surface area contributed by atoms with Gasteiger partial charge in [-0.1, -0.05) is 41.5 Å². The van der Waals surface area contributed by atoms with Crippen molar-refractivity contribution in [1.82, 2.24) is 0 Å². The highest BCUT2D eigenvalue weighted by molar-refractivity contribution is 5.58. The number of nitrogens with one attached hydrogen (secondary N) is 1. The molecule has 0 heterocycles. The molecule has 0 amide bonds. The van der Waals surface area contributed by atoms with Crippen molar-refractivity contribution >= 4 is 6.21 Å². The van der Waals surface area contributed by atoms with Gasteiger partial charge in [0.25, 0.3) is 0 Å². The molecule has 0 rings (SSSR count). The molecule has 0 aromatic rings. The molecule has 0 radical (unpaired) electrons. The molecule has 0 fully saturated rings. The second-order valence-corrected chi connectivity index (χ2v) is 5.90. The van der Waals surface area contributed by atoms with Crippen molar-refractivity contribution in [3.8, 4) is 0 Å². The van der Waals surface area contributed by atoms with Crippen LogP contribution in [0.25, 0.3) is 0 Å². The van der Waals surface area contributed by atoms with Crippen molar-refractivity contribution in [3.63, 3.8) is 0 Å². The lowest BCUT2D eigenvalue weighted by Gasteiger charge is -2.32. The largest absolute Gasteiger partial charge is 0.313 e. The quantitative estimate of drug-likeness (QED) is 0.609. The summed E-state index contributed by atoms with van der Waals surface area (Å²) in [7, 11) is 0. The molecule has 0 aliphatic carbocycles. The standard InChI is InChI=1S/C11H23N/c1-10(2,3)7-9(8-12)11(4,5)6/h8-9,12H,7H2,1-6H3. The average molecular weight is 169 g/mol. The number of rotatable bonds is 2. The maximum absolute atomic E-state index is 7.37. The Balaban J connectivity index is 4.30. The fourth-order valence-corrected chi connectivity index (χ4v) is 1.27. The fraction of sp³-hybridized carbons (Fsp3) is 0.909. The normalized spacial score (nSPS) is 15.8. The molecule has 1 nitrogen and oxygen atoms in total. The zero-order valence-electron chi connectivity index (χ0n) is 9.36. The molecule has 0 saturated heterocycles. The third-order valence-electron chi connectivity index (χ3n) is 2.15. The van der Waals surface area contributed by atoms with Crippen LogP contribution >= 0.6 is 0 Å². The molecule has 1 unspecified atom stereocenters. The van der Waals surface area contributed by atoms with Gasteiger partial charge in [0.15, 0.2) is 0 Å². The molecule has 0 saturated carbocycles. The lowest BCUT2D eigenvalue weighted by Crippen LogP contribution is -2.26. The van der Waals surface area contributed by atoms with Crippen LogP contribution in [0.15, 0.2) is 0 Å². The first-order valence-electron chi connectivity index (χ1n) is 4.67. The SMILES string of the molecule is CC(C)(C)CC(C=N)C(C)(C)C. The van der Waals surface area contributed by atoms with Crippen LogP contribution in [0, 0.1) is 22.2 Å². The van der Waals surface area contributed by atoms with Crippen LogP contribution in [-0.4, -0.2) is 6.21 Å². The Morgan fingerprint density at radius 3 is 1.58 bits per heavy atom. The third-order valence-corrected chi connectivity index (χ3v) is 2.15. The lowest BCUT2D eigenvalue weighted by atomic mass is 9.73. The van der Waals surface area contributed by atoms with Crippen molar-refractivity contribution in [2.75, 3.05) is 0 Å². The zero-order valence-corrected chi connectivity index (χ0v) is 9.36. The predicted octanol–water partition coefficient (Wildman–Crippen LogP) is 3.73. The van der Waals surface area contributed by atoms with Crippen LogP contribution in [-0.2, 0) is 0 Å². The number of hydrogen-bond acceptors (Lipinski definition) is 1. The fourth-order valence-electron chi connectivity index (χ4n) is 1.27. The minimum Gasteiger partial charge on any atom is -0.313 e. The summed E-state index contributed by atoms with van der Waals surface area (Å²) < 4.78 is 0. The van der Waals surface area contributed by atoms with Crippen molar-refractivity contribution in [1.29, 1.82) is 5.41 Å². The molecule has 1 atom stereocenters. The zero-order chi connectivity index (χ0) is 9.99. The van der Waals surface area contributed by atoms with Crippen LogP contribution in [0.3, 0.4) is 0 Å². The molecular weight excluding hydrogens is 146 g/mol. The van der Waals surface area contributed by atoms with Crippen molar-refractivity contribution in [2.45, 2.75) is 48.0 Å². The van der Waals surface area contributed by atoms with Crippen LogP contribution < -0.4 is 0 Å². The monoisotopic (exact) mass is 169 g/mol. The van der Waals surface area contributed by atoms with E-state index in [0.29, 0.717) is 11.3 Å². The van der Waals surface area contributed by atoms with E-state index in [2.05, 4.69) is 41.5 Å². The van der Waals surface area contributed by atoms with E-state index in [4.69, 9.17) is 5.41 Å². The summed E-state index contributed by atoms with van der Waals surface area (Å²) >= 11 is 0. The maximum Gasteiger partial charge on any atom is -0.00113 e. The minimum atomic E-state index is 0.231. The van der Waals surface area contributed by atoms with Crippen LogP contribution in [0.2, 0.25) is 0 Å². The van der Waals surface area contributed by atoms with Crippen LogP contribution in [0.1, 0.15) is 48.0 Å². The highest BCUT2D eigenvalue weighted by Gasteiger charge is 2.26. The first kappa shape index (κ1) is 11.7.